The van der Waals surface area contributed by atoms with Crippen molar-refractivity contribution in [2.45, 2.75) is 38.0 Å². The quantitative estimate of drug-likeness (QED) is 0.756. The predicted octanol–water partition coefficient (Wildman–Crippen LogP) is 4.58. The van der Waals surface area contributed by atoms with E-state index in [1.54, 1.807) is 12.1 Å². The normalized spacial score (nSPS) is 16.0. The van der Waals surface area contributed by atoms with Gasteiger partial charge in [0.2, 0.25) is 0 Å². The van der Waals surface area contributed by atoms with Crippen LogP contribution in [0.25, 0.3) is 0 Å². The van der Waals surface area contributed by atoms with Crippen LogP contribution in [0.4, 0.5) is 4.39 Å². The van der Waals surface area contributed by atoms with Crippen LogP contribution < -0.4 is 0 Å². The number of rotatable bonds is 5. The maximum Gasteiger partial charge on any atom is 0.176 e. The van der Waals surface area contributed by atoms with E-state index >= 15 is 0 Å². The number of hydrogen-bond donors (Lipinski definition) is 0. The van der Waals surface area contributed by atoms with Gasteiger partial charge in [-0.1, -0.05) is 29.1 Å². The molecule has 21 heavy (non-hydrogen) atoms. The summed E-state index contributed by atoms with van der Waals surface area (Å²) >= 11 is 7.19. The summed E-state index contributed by atoms with van der Waals surface area (Å²) in [6, 6.07) is 4.57. The summed E-state index contributed by atoms with van der Waals surface area (Å²) in [4.78, 5) is 13.1. The van der Waals surface area contributed by atoms with Gasteiger partial charge in [0.15, 0.2) is 5.78 Å². The molecule has 3 nitrogen and oxygen atoms in total. The van der Waals surface area contributed by atoms with E-state index in [0.29, 0.717) is 21.4 Å². The van der Waals surface area contributed by atoms with Crippen LogP contribution in [-0.4, -0.2) is 15.4 Å². The van der Waals surface area contributed by atoms with Crippen molar-refractivity contribution in [3.8, 4) is 0 Å². The monoisotopic (exact) mass is 324 g/mol. The second-order valence-corrected chi connectivity index (χ2v) is 6.59. The highest BCUT2D eigenvalue weighted by molar-refractivity contribution is 7.08. The van der Waals surface area contributed by atoms with Gasteiger partial charge in [-0.15, -0.1) is 5.10 Å². The van der Waals surface area contributed by atoms with Crippen molar-refractivity contribution in [3.63, 3.8) is 0 Å². The molecule has 0 saturated heterocycles. The molecule has 0 spiro atoms. The van der Waals surface area contributed by atoms with E-state index in [-0.39, 0.29) is 23.9 Å². The lowest BCUT2D eigenvalue weighted by molar-refractivity contribution is 0.0978. The molecule has 1 aromatic carbocycles. The number of aromatic nitrogens is 2. The average Bonchev–Trinajstić information content (AvgIpc) is 3.15. The number of benzene rings is 1. The third-order valence-electron chi connectivity index (χ3n) is 3.71. The minimum Gasteiger partial charge on any atom is -0.293 e. The highest BCUT2D eigenvalue weighted by atomic mass is 35.5. The van der Waals surface area contributed by atoms with E-state index in [0.717, 1.165) is 30.1 Å². The largest absolute Gasteiger partial charge is 0.293 e. The van der Waals surface area contributed by atoms with Gasteiger partial charge in [-0.2, -0.15) is 0 Å². The number of Topliss-reactive ketones (excluding diaryl/α,β-unsaturated/α-hetero) is 1. The summed E-state index contributed by atoms with van der Waals surface area (Å²) in [6.07, 6.45) is 2.35. The molecule has 1 aromatic heterocycles. The SMILES string of the molecule is CC(CC(=O)c1snnc1C1CC1)c1c(F)cccc1Cl. The van der Waals surface area contributed by atoms with Crippen LogP contribution in [-0.2, 0) is 0 Å². The van der Waals surface area contributed by atoms with E-state index in [1.165, 1.54) is 6.07 Å². The molecule has 1 aliphatic rings. The maximum absolute atomic E-state index is 13.9. The van der Waals surface area contributed by atoms with Crippen molar-refractivity contribution in [1.82, 2.24) is 9.59 Å². The van der Waals surface area contributed by atoms with Crippen LogP contribution in [0.15, 0.2) is 18.2 Å². The number of halogens is 2. The standard InChI is InChI=1S/C15H14ClFN2OS/c1-8(13-10(16)3-2-4-11(13)17)7-12(20)15-14(9-5-6-9)18-19-21-15/h2-4,8-9H,5-7H2,1H3. The first-order valence-corrected chi connectivity index (χ1v) is 8.02. The summed E-state index contributed by atoms with van der Waals surface area (Å²) in [7, 11) is 0. The van der Waals surface area contributed by atoms with Crippen molar-refractivity contribution < 1.29 is 9.18 Å². The zero-order valence-corrected chi connectivity index (χ0v) is 13.0. The fourth-order valence-corrected chi connectivity index (χ4v) is 3.52. The topological polar surface area (TPSA) is 42.9 Å². The fourth-order valence-electron chi connectivity index (χ4n) is 2.47. The molecule has 0 aliphatic heterocycles. The van der Waals surface area contributed by atoms with Crippen molar-refractivity contribution in [1.29, 1.82) is 0 Å². The van der Waals surface area contributed by atoms with Gasteiger partial charge in [-0.05, 0) is 42.4 Å². The van der Waals surface area contributed by atoms with Gasteiger partial charge < -0.3 is 0 Å². The maximum atomic E-state index is 13.9. The van der Waals surface area contributed by atoms with Gasteiger partial charge in [0.1, 0.15) is 10.7 Å². The summed E-state index contributed by atoms with van der Waals surface area (Å²) in [6.45, 7) is 1.81. The Morgan fingerprint density at radius 1 is 1.52 bits per heavy atom. The summed E-state index contributed by atoms with van der Waals surface area (Å²) < 4.78 is 17.8. The Hall–Kier alpha value is -1.33. The minimum atomic E-state index is -0.368. The van der Waals surface area contributed by atoms with Gasteiger partial charge in [-0.25, -0.2) is 4.39 Å². The molecular weight excluding hydrogens is 311 g/mol. The van der Waals surface area contributed by atoms with Crippen LogP contribution in [0.1, 0.15) is 59.0 Å². The van der Waals surface area contributed by atoms with Gasteiger partial charge >= 0.3 is 0 Å². The third kappa shape index (κ3) is 2.99. The Balaban J connectivity index is 1.79. The Kier molecular flexibility index (Phi) is 4.04. The number of nitrogens with zero attached hydrogens (tertiary/aromatic N) is 2. The Morgan fingerprint density at radius 2 is 2.29 bits per heavy atom. The lowest BCUT2D eigenvalue weighted by atomic mass is 9.94. The fraction of sp³-hybridized carbons (Fsp3) is 0.400. The first-order chi connectivity index (χ1) is 10.1. The van der Waals surface area contributed by atoms with Crippen molar-refractivity contribution >= 4 is 28.9 Å². The Labute approximate surface area is 131 Å². The summed E-state index contributed by atoms with van der Waals surface area (Å²) in [5.74, 6) is -0.290. The van der Waals surface area contributed by atoms with E-state index in [9.17, 15) is 9.18 Å². The molecule has 1 heterocycles. The van der Waals surface area contributed by atoms with Crippen molar-refractivity contribution in [2.75, 3.05) is 0 Å². The van der Waals surface area contributed by atoms with Crippen LogP contribution in [0.2, 0.25) is 5.02 Å². The van der Waals surface area contributed by atoms with Crippen molar-refractivity contribution in [2.24, 2.45) is 0 Å². The first kappa shape index (κ1) is 14.6. The molecule has 1 unspecified atom stereocenters. The molecule has 110 valence electrons. The first-order valence-electron chi connectivity index (χ1n) is 6.87. The van der Waals surface area contributed by atoms with Crippen LogP contribution >= 0.6 is 23.1 Å². The average molecular weight is 325 g/mol. The second-order valence-electron chi connectivity index (χ2n) is 5.43. The van der Waals surface area contributed by atoms with E-state index in [4.69, 9.17) is 11.6 Å². The molecule has 2 aromatic rings. The highest BCUT2D eigenvalue weighted by Gasteiger charge is 2.32. The van der Waals surface area contributed by atoms with E-state index in [2.05, 4.69) is 9.59 Å². The molecule has 6 heteroatoms. The predicted molar refractivity (Wildman–Crippen MR) is 80.7 cm³/mol. The van der Waals surface area contributed by atoms with Crippen molar-refractivity contribution in [3.05, 3.63) is 45.2 Å². The zero-order chi connectivity index (χ0) is 15.0. The molecule has 0 radical (unpaired) electrons. The van der Waals surface area contributed by atoms with Gasteiger partial charge in [-0.3, -0.25) is 4.79 Å². The summed E-state index contributed by atoms with van der Waals surface area (Å²) in [5.41, 5.74) is 1.22. The van der Waals surface area contributed by atoms with E-state index in [1.807, 2.05) is 6.92 Å². The van der Waals surface area contributed by atoms with Crippen LogP contribution in [0, 0.1) is 5.82 Å². The Bertz CT molecular complexity index is 664. The molecular formula is C15H14ClFN2OS. The molecule has 1 fully saturated rings. The smallest absolute Gasteiger partial charge is 0.176 e. The number of ketones is 1. The Morgan fingerprint density at radius 3 is 2.95 bits per heavy atom. The highest BCUT2D eigenvalue weighted by Crippen LogP contribution is 2.42. The summed E-state index contributed by atoms with van der Waals surface area (Å²) in [5, 5.41) is 4.42. The molecule has 0 bridgehead atoms. The lowest BCUT2D eigenvalue weighted by Gasteiger charge is -2.13. The molecule has 0 N–H and O–H groups in total. The van der Waals surface area contributed by atoms with Gasteiger partial charge in [0.05, 0.1) is 5.69 Å². The second kappa shape index (κ2) is 5.81. The molecule has 0 amide bonds. The third-order valence-corrected chi connectivity index (χ3v) is 4.83. The molecule has 1 atom stereocenters. The molecule has 3 rings (SSSR count). The number of carbonyl (C=O) groups excluding carboxylic acids is 1. The van der Waals surface area contributed by atoms with Crippen LogP contribution in [0.3, 0.4) is 0 Å². The molecule has 1 aliphatic carbocycles. The van der Waals surface area contributed by atoms with Gasteiger partial charge in [0, 0.05) is 22.9 Å². The number of hydrogen-bond acceptors (Lipinski definition) is 4. The molecule has 1 saturated carbocycles. The van der Waals surface area contributed by atoms with E-state index < -0.39 is 0 Å². The van der Waals surface area contributed by atoms with Crippen LogP contribution in [0.5, 0.6) is 0 Å². The lowest BCUT2D eigenvalue weighted by Crippen LogP contribution is -2.07. The number of carbonyl (C=O) groups is 1. The zero-order valence-electron chi connectivity index (χ0n) is 11.5. The minimum absolute atomic E-state index is 0.0290. The van der Waals surface area contributed by atoms with Gasteiger partial charge in [0.25, 0.3) is 0 Å².